The average Bonchev–Trinajstić information content (AvgIpc) is 2.76. The van der Waals surface area contributed by atoms with Crippen LogP contribution in [-0.4, -0.2) is 41.8 Å². The molecule has 1 saturated heterocycles. The molecule has 2 heterocycles. The molecule has 1 fully saturated rings. The molecule has 17 heavy (non-hydrogen) atoms. The molecule has 0 bridgehead atoms. The van der Waals surface area contributed by atoms with E-state index in [0.29, 0.717) is 10.2 Å². The van der Waals surface area contributed by atoms with Crippen LogP contribution in [-0.2, 0) is 15.5 Å². The first kappa shape index (κ1) is 12.8. The zero-order valence-corrected chi connectivity index (χ0v) is 11.4. The van der Waals surface area contributed by atoms with Gasteiger partial charge in [-0.25, -0.2) is 4.98 Å². The van der Waals surface area contributed by atoms with Crippen LogP contribution in [0, 0.1) is 0 Å². The lowest BCUT2D eigenvalue weighted by atomic mass is 10.3. The van der Waals surface area contributed by atoms with Crippen molar-refractivity contribution >= 4 is 28.1 Å². The quantitative estimate of drug-likeness (QED) is 0.787. The molecule has 6 heteroatoms. The van der Waals surface area contributed by atoms with Crippen molar-refractivity contribution in [1.82, 2.24) is 4.98 Å². The summed E-state index contributed by atoms with van der Waals surface area (Å²) in [5.41, 5.74) is 0.967. The Hall–Kier alpha value is -0.650. The van der Waals surface area contributed by atoms with Gasteiger partial charge in [0.25, 0.3) is 0 Å². The Morgan fingerprint density at radius 2 is 2.35 bits per heavy atom. The maximum Gasteiger partial charge on any atom is 0.132 e. The zero-order chi connectivity index (χ0) is 12.4. The molecule has 1 aliphatic heterocycles. The zero-order valence-electron chi connectivity index (χ0n) is 9.85. The Morgan fingerprint density at radius 3 is 2.94 bits per heavy atom. The molecule has 2 rings (SSSR count). The van der Waals surface area contributed by atoms with Gasteiger partial charge in [0.05, 0.1) is 16.9 Å². The predicted molar refractivity (Wildman–Crippen MR) is 69.2 cm³/mol. The molecule has 2 unspecified atom stereocenters. The molecule has 0 spiro atoms. The predicted octanol–water partition coefficient (Wildman–Crippen LogP) is 1.70. The highest BCUT2D eigenvalue weighted by atomic mass is 35.5. The third-order valence-corrected chi connectivity index (χ3v) is 3.89. The van der Waals surface area contributed by atoms with Crippen molar-refractivity contribution in [3.8, 4) is 0 Å². The third-order valence-electron chi connectivity index (χ3n) is 2.89. The molecular formula is C11H15ClN2O2S. The molecule has 0 N–H and O–H groups in total. The molecule has 0 aliphatic carbocycles. The number of halogens is 1. The SMILES string of the molecule is COC1CCN(c2cc(Cl)nc(S(C)=O)c2)C1. The molecule has 0 aromatic carbocycles. The van der Waals surface area contributed by atoms with Crippen LogP contribution in [0.5, 0.6) is 0 Å². The van der Waals surface area contributed by atoms with Crippen LogP contribution in [0.1, 0.15) is 6.42 Å². The summed E-state index contributed by atoms with van der Waals surface area (Å²) in [6.45, 7) is 1.77. The lowest BCUT2D eigenvalue weighted by molar-refractivity contribution is 0.121. The minimum Gasteiger partial charge on any atom is -0.380 e. The average molecular weight is 275 g/mol. The summed E-state index contributed by atoms with van der Waals surface area (Å²) in [6.07, 6.45) is 2.86. The molecule has 0 amide bonds. The van der Waals surface area contributed by atoms with Crippen molar-refractivity contribution in [3.05, 3.63) is 17.3 Å². The first-order chi connectivity index (χ1) is 8.10. The van der Waals surface area contributed by atoms with Crippen LogP contribution in [0.25, 0.3) is 0 Å². The van der Waals surface area contributed by atoms with E-state index < -0.39 is 10.8 Å². The van der Waals surface area contributed by atoms with E-state index >= 15 is 0 Å². The van der Waals surface area contributed by atoms with E-state index in [2.05, 4.69) is 9.88 Å². The summed E-state index contributed by atoms with van der Waals surface area (Å²) in [6, 6.07) is 3.63. The van der Waals surface area contributed by atoms with Gasteiger partial charge in [0.15, 0.2) is 0 Å². The fourth-order valence-corrected chi connectivity index (χ4v) is 2.71. The normalized spacial score (nSPS) is 21.8. The van der Waals surface area contributed by atoms with E-state index in [4.69, 9.17) is 16.3 Å². The van der Waals surface area contributed by atoms with Crippen LogP contribution < -0.4 is 4.90 Å². The number of aromatic nitrogens is 1. The number of hydrogen-bond acceptors (Lipinski definition) is 4. The third kappa shape index (κ3) is 2.97. The van der Waals surface area contributed by atoms with Crippen molar-refractivity contribution in [3.63, 3.8) is 0 Å². The monoisotopic (exact) mass is 274 g/mol. The van der Waals surface area contributed by atoms with Gasteiger partial charge in [-0.3, -0.25) is 4.21 Å². The Bertz CT molecular complexity index is 441. The second kappa shape index (κ2) is 5.33. The van der Waals surface area contributed by atoms with E-state index in [1.165, 1.54) is 0 Å². The van der Waals surface area contributed by atoms with Crippen molar-refractivity contribution in [2.45, 2.75) is 17.6 Å². The lowest BCUT2D eigenvalue weighted by Crippen LogP contribution is -2.22. The summed E-state index contributed by atoms with van der Waals surface area (Å²) < 4.78 is 16.8. The van der Waals surface area contributed by atoms with Crippen LogP contribution in [0.2, 0.25) is 5.15 Å². The second-order valence-corrected chi connectivity index (χ2v) is 5.75. The van der Waals surface area contributed by atoms with E-state index in [0.717, 1.165) is 25.2 Å². The molecule has 0 saturated carbocycles. The summed E-state index contributed by atoms with van der Waals surface area (Å²) in [4.78, 5) is 6.23. The number of anilines is 1. The van der Waals surface area contributed by atoms with Crippen LogP contribution in [0.15, 0.2) is 17.2 Å². The minimum atomic E-state index is -1.11. The van der Waals surface area contributed by atoms with E-state index in [9.17, 15) is 4.21 Å². The Balaban J connectivity index is 2.24. The van der Waals surface area contributed by atoms with Crippen molar-refractivity contribution in [1.29, 1.82) is 0 Å². The lowest BCUT2D eigenvalue weighted by Gasteiger charge is -2.18. The van der Waals surface area contributed by atoms with Gasteiger partial charge in [-0.15, -0.1) is 0 Å². The number of methoxy groups -OCH3 is 1. The maximum absolute atomic E-state index is 11.4. The molecule has 2 atom stereocenters. The van der Waals surface area contributed by atoms with Gasteiger partial charge in [0.1, 0.15) is 10.2 Å². The fraction of sp³-hybridized carbons (Fsp3) is 0.545. The standard InChI is InChI=1S/C11H15ClN2O2S/c1-16-9-3-4-14(7-9)8-5-10(12)13-11(6-8)17(2)15/h5-6,9H,3-4,7H2,1-2H3. The molecule has 4 nitrogen and oxygen atoms in total. The number of ether oxygens (including phenoxy) is 1. The van der Waals surface area contributed by atoms with Gasteiger partial charge < -0.3 is 9.64 Å². The summed E-state index contributed by atoms with van der Waals surface area (Å²) in [5, 5.41) is 0.905. The molecular weight excluding hydrogens is 260 g/mol. The van der Waals surface area contributed by atoms with Gasteiger partial charge >= 0.3 is 0 Å². The molecule has 1 aromatic rings. The first-order valence-corrected chi connectivity index (χ1v) is 7.32. The van der Waals surface area contributed by atoms with Gasteiger partial charge in [-0.1, -0.05) is 11.6 Å². The fourth-order valence-electron chi connectivity index (χ4n) is 1.94. The highest BCUT2D eigenvalue weighted by molar-refractivity contribution is 7.84. The van der Waals surface area contributed by atoms with E-state index in [1.54, 1.807) is 19.4 Å². The maximum atomic E-state index is 11.4. The van der Waals surface area contributed by atoms with E-state index in [1.807, 2.05) is 6.07 Å². The van der Waals surface area contributed by atoms with Gasteiger partial charge in [-0.05, 0) is 18.6 Å². The number of rotatable bonds is 3. The molecule has 94 valence electrons. The van der Waals surface area contributed by atoms with E-state index in [-0.39, 0.29) is 6.10 Å². The van der Waals surface area contributed by atoms with Crippen LogP contribution in [0.3, 0.4) is 0 Å². The minimum absolute atomic E-state index is 0.262. The first-order valence-electron chi connectivity index (χ1n) is 5.39. The Labute approximate surface area is 108 Å². The highest BCUT2D eigenvalue weighted by Gasteiger charge is 2.23. The largest absolute Gasteiger partial charge is 0.380 e. The number of pyridine rings is 1. The van der Waals surface area contributed by atoms with Crippen molar-refractivity contribution in [2.24, 2.45) is 0 Å². The Morgan fingerprint density at radius 1 is 1.59 bits per heavy atom. The van der Waals surface area contributed by atoms with Crippen molar-refractivity contribution in [2.75, 3.05) is 31.4 Å². The Kier molecular flexibility index (Phi) is 4.01. The molecule has 1 aromatic heterocycles. The summed E-state index contributed by atoms with van der Waals surface area (Å²) in [5.74, 6) is 0. The number of hydrogen-bond donors (Lipinski definition) is 0. The van der Waals surface area contributed by atoms with Gasteiger partial charge in [0.2, 0.25) is 0 Å². The van der Waals surface area contributed by atoms with Crippen LogP contribution in [0.4, 0.5) is 5.69 Å². The smallest absolute Gasteiger partial charge is 0.132 e. The topological polar surface area (TPSA) is 42.4 Å². The summed E-state index contributed by atoms with van der Waals surface area (Å²) in [7, 11) is 0.609. The molecule has 1 aliphatic rings. The van der Waals surface area contributed by atoms with Crippen LogP contribution >= 0.6 is 11.6 Å². The van der Waals surface area contributed by atoms with Gasteiger partial charge in [-0.2, -0.15) is 0 Å². The molecule has 0 radical (unpaired) electrons. The van der Waals surface area contributed by atoms with Gasteiger partial charge in [0, 0.05) is 32.1 Å². The summed E-state index contributed by atoms with van der Waals surface area (Å²) >= 11 is 5.94. The number of nitrogens with zero attached hydrogens (tertiary/aromatic N) is 2. The second-order valence-electron chi connectivity index (χ2n) is 4.03. The highest BCUT2D eigenvalue weighted by Crippen LogP contribution is 2.25. The van der Waals surface area contributed by atoms with Crippen molar-refractivity contribution < 1.29 is 8.95 Å².